The number of carbonyl (C=O) groups excluding carboxylic acids is 1. The molecule has 0 aromatic carbocycles. The molecule has 0 fully saturated rings. The monoisotopic (exact) mass is 150 g/mol. The lowest BCUT2D eigenvalue weighted by molar-refractivity contribution is -0.109. The van der Waals surface area contributed by atoms with Crippen LogP contribution in [0.25, 0.3) is 0 Å². The molecule has 0 aliphatic carbocycles. The van der Waals surface area contributed by atoms with Crippen LogP contribution in [0, 0.1) is 0 Å². The third-order valence-corrected chi connectivity index (χ3v) is 1.62. The van der Waals surface area contributed by atoms with E-state index in [4.69, 9.17) is 11.6 Å². The van der Waals surface area contributed by atoms with Crippen LogP contribution in [-0.4, -0.2) is 10.9 Å². The van der Waals surface area contributed by atoms with Gasteiger partial charge in [-0.15, -0.1) is 0 Å². The zero-order valence-electron chi connectivity index (χ0n) is 4.61. The van der Waals surface area contributed by atoms with Gasteiger partial charge in [-0.1, -0.05) is 29.9 Å². The number of thioether (sulfide) groups is 1. The van der Waals surface area contributed by atoms with E-state index in [-0.39, 0.29) is 5.12 Å². The minimum absolute atomic E-state index is 0.0757. The second-order valence-corrected chi connectivity index (χ2v) is 2.98. The highest BCUT2D eigenvalue weighted by Gasteiger charge is 1.92. The second kappa shape index (κ2) is 3.98. The molecule has 0 saturated carbocycles. The SMILES string of the molecule is C=C(Cl)CSC(C)=O. The van der Waals surface area contributed by atoms with Gasteiger partial charge in [-0.3, -0.25) is 4.79 Å². The van der Waals surface area contributed by atoms with E-state index in [1.807, 2.05) is 0 Å². The predicted molar refractivity (Wildman–Crippen MR) is 38.1 cm³/mol. The average molecular weight is 151 g/mol. The molecular formula is C5H7ClOS. The van der Waals surface area contributed by atoms with Crippen molar-refractivity contribution >= 4 is 28.5 Å². The Morgan fingerprint density at radius 1 is 1.88 bits per heavy atom. The molecule has 8 heavy (non-hydrogen) atoms. The summed E-state index contributed by atoms with van der Waals surface area (Å²) in [5, 5.41) is 0.594. The summed E-state index contributed by atoms with van der Waals surface area (Å²) in [5.41, 5.74) is 0. The standard InChI is InChI=1S/C5H7ClOS/c1-4(6)3-8-5(2)7/h1,3H2,2H3. The van der Waals surface area contributed by atoms with E-state index < -0.39 is 0 Å². The number of carbonyl (C=O) groups is 1. The van der Waals surface area contributed by atoms with E-state index in [0.717, 1.165) is 0 Å². The highest BCUT2D eigenvalue weighted by Crippen LogP contribution is 2.08. The van der Waals surface area contributed by atoms with Crippen LogP contribution in [0.4, 0.5) is 0 Å². The Morgan fingerprint density at radius 2 is 2.38 bits per heavy atom. The molecule has 0 rings (SSSR count). The summed E-state index contributed by atoms with van der Waals surface area (Å²) in [6.45, 7) is 4.92. The molecule has 0 radical (unpaired) electrons. The van der Waals surface area contributed by atoms with Crippen molar-refractivity contribution in [3.63, 3.8) is 0 Å². The maximum absolute atomic E-state index is 10.2. The lowest BCUT2D eigenvalue weighted by Crippen LogP contribution is -1.83. The van der Waals surface area contributed by atoms with E-state index in [2.05, 4.69) is 6.58 Å². The highest BCUT2D eigenvalue weighted by molar-refractivity contribution is 8.13. The minimum Gasteiger partial charge on any atom is -0.288 e. The van der Waals surface area contributed by atoms with Gasteiger partial charge in [0.15, 0.2) is 5.12 Å². The molecule has 0 aromatic heterocycles. The molecule has 0 aliphatic rings. The Hall–Kier alpha value is 0.0500. The van der Waals surface area contributed by atoms with Crippen molar-refractivity contribution in [1.82, 2.24) is 0 Å². The van der Waals surface area contributed by atoms with Crippen LogP contribution in [0.3, 0.4) is 0 Å². The maximum atomic E-state index is 10.2. The van der Waals surface area contributed by atoms with Crippen molar-refractivity contribution in [2.45, 2.75) is 6.92 Å². The van der Waals surface area contributed by atoms with Crippen LogP contribution in [0.15, 0.2) is 11.6 Å². The first-order chi connectivity index (χ1) is 3.63. The number of halogens is 1. The van der Waals surface area contributed by atoms with E-state index >= 15 is 0 Å². The predicted octanol–water partition coefficient (Wildman–Crippen LogP) is 2.02. The van der Waals surface area contributed by atoms with Gasteiger partial charge in [0, 0.05) is 17.7 Å². The fourth-order valence-corrected chi connectivity index (χ4v) is 0.703. The van der Waals surface area contributed by atoms with Crippen molar-refractivity contribution in [2.24, 2.45) is 0 Å². The molecule has 0 aromatic rings. The largest absolute Gasteiger partial charge is 0.288 e. The Morgan fingerprint density at radius 3 is 2.50 bits per heavy atom. The quantitative estimate of drug-likeness (QED) is 0.599. The van der Waals surface area contributed by atoms with Gasteiger partial charge in [-0.25, -0.2) is 0 Å². The molecular weight excluding hydrogens is 144 g/mol. The molecule has 3 heteroatoms. The fraction of sp³-hybridized carbons (Fsp3) is 0.400. The van der Waals surface area contributed by atoms with E-state index in [1.54, 1.807) is 0 Å². The number of hydrogen-bond acceptors (Lipinski definition) is 2. The van der Waals surface area contributed by atoms with E-state index in [1.165, 1.54) is 18.7 Å². The first-order valence-electron chi connectivity index (χ1n) is 2.09. The lowest BCUT2D eigenvalue weighted by Gasteiger charge is -1.89. The molecule has 0 bridgehead atoms. The van der Waals surface area contributed by atoms with Gasteiger partial charge in [0.1, 0.15) is 0 Å². The van der Waals surface area contributed by atoms with Gasteiger partial charge < -0.3 is 0 Å². The maximum Gasteiger partial charge on any atom is 0.186 e. The Balaban J connectivity index is 3.18. The zero-order valence-corrected chi connectivity index (χ0v) is 6.18. The summed E-state index contributed by atoms with van der Waals surface area (Å²) in [5.74, 6) is 0.525. The summed E-state index contributed by atoms with van der Waals surface area (Å²) < 4.78 is 0. The normalized spacial score (nSPS) is 8.75. The summed E-state index contributed by atoms with van der Waals surface area (Å²) in [6, 6.07) is 0. The minimum atomic E-state index is 0.0757. The molecule has 0 N–H and O–H groups in total. The summed E-state index contributed by atoms with van der Waals surface area (Å²) >= 11 is 6.52. The smallest absolute Gasteiger partial charge is 0.186 e. The molecule has 0 spiro atoms. The number of hydrogen-bond donors (Lipinski definition) is 0. The van der Waals surface area contributed by atoms with Gasteiger partial charge in [0.25, 0.3) is 0 Å². The zero-order chi connectivity index (χ0) is 6.57. The van der Waals surface area contributed by atoms with E-state index in [0.29, 0.717) is 10.8 Å². The van der Waals surface area contributed by atoms with Crippen molar-refractivity contribution in [2.75, 3.05) is 5.75 Å². The molecule has 0 unspecified atom stereocenters. The van der Waals surface area contributed by atoms with Gasteiger partial charge in [0.2, 0.25) is 0 Å². The van der Waals surface area contributed by atoms with Crippen LogP contribution in [0.2, 0.25) is 0 Å². The highest BCUT2D eigenvalue weighted by atomic mass is 35.5. The fourth-order valence-electron chi connectivity index (χ4n) is 0.180. The van der Waals surface area contributed by atoms with Crippen molar-refractivity contribution in [3.8, 4) is 0 Å². The van der Waals surface area contributed by atoms with Crippen LogP contribution in [0.1, 0.15) is 6.92 Å². The lowest BCUT2D eigenvalue weighted by atomic mass is 10.7. The average Bonchev–Trinajstić information content (AvgIpc) is 1.61. The molecule has 0 saturated heterocycles. The third-order valence-electron chi connectivity index (χ3n) is 0.432. The Labute approximate surface area is 58.1 Å². The second-order valence-electron chi connectivity index (χ2n) is 1.30. The number of rotatable bonds is 2. The Bertz CT molecular complexity index is 97.0. The molecule has 46 valence electrons. The van der Waals surface area contributed by atoms with Crippen LogP contribution < -0.4 is 0 Å². The first-order valence-corrected chi connectivity index (χ1v) is 3.46. The van der Waals surface area contributed by atoms with Crippen molar-refractivity contribution in [3.05, 3.63) is 11.6 Å². The summed E-state index contributed by atoms with van der Waals surface area (Å²) in [6.07, 6.45) is 0. The molecule has 1 nitrogen and oxygen atoms in total. The van der Waals surface area contributed by atoms with Crippen LogP contribution >= 0.6 is 23.4 Å². The van der Waals surface area contributed by atoms with E-state index in [9.17, 15) is 4.79 Å². The van der Waals surface area contributed by atoms with Gasteiger partial charge in [-0.05, 0) is 0 Å². The molecule has 0 atom stereocenters. The van der Waals surface area contributed by atoms with Crippen LogP contribution in [-0.2, 0) is 4.79 Å². The Kier molecular flexibility index (Phi) is 4.01. The first kappa shape index (κ1) is 8.05. The summed E-state index contributed by atoms with van der Waals surface area (Å²) in [7, 11) is 0. The van der Waals surface area contributed by atoms with Gasteiger partial charge in [-0.2, -0.15) is 0 Å². The molecule has 0 aliphatic heterocycles. The topological polar surface area (TPSA) is 17.1 Å². The van der Waals surface area contributed by atoms with Gasteiger partial charge in [0.05, 0.1) is 0 Å². The third kappa shape index (κ3) is 6.05. The van der Waals surface area contributed by atoms with Crippen molar-refractivity contribution in [1.29, 1.82) is 0 Å². The van der Waals surface area contributed by atoms with Crippen LogP contribution in [0.5, 0.6) is 0 Å². The molecule has 0 amide bonds. The van der Waals surface area contributed by atoms with Crippen molar-refractivity contribution < 1.29 is 4.79 Å². The summed E-state index contributed by atoms with van der Waals surface area (Å²) in [4.78, 5) is 10.2. The van der Waals surface area contributed by atoms with Gasteiger partial charge >= 0.3 is 0 Å². The molecule has 0 heterocycles.